The van der Waals surface area contributed by atoms with Gasteiger partial charge in [0, 0.05) is 29.4 Å². The molecule has 2 rings (SSSR count). The maximum atomic E-state index is 12.3. The number of hydrogen-bond acceptors (Lipinski definition) is 2. The van der Waals surface area contributed by atoms with E-state index in [1.54, 1.807) is 7.05 Å². The number of anilines is 2. The summed E-state index contributed by atoms with van der Waals surface area (Å²) < 4.78 is 0. The fourth-order valence-corrected chi connectivity index (χ4v) is 2.53. The van der Waals surface area contributed by atoms with Crippen LogP contribution in [0.3, 0.4) is 0 Å². The van der Waals surface area contributed by atoms with Crippen LogP contribution in [0, 0.1) is 5.92 Å². The lowest BCUT2D eigenvalue weighted by Gasteiger charge is -2.14. The number of rotatable bonds is 5. The molecule has 0 bridgehead atoms. The van der Waals surface area contributed by atoms with Crippen LogP contribution in [0.25, 0.3) is 10.8 Å². The SMILES string of the molecule is CCCC(C)C(=O)Nc1cccc2c(NC(=O)NC)cccc12. The molecule has 0 aliphatic rings. The second-order valence-corrected chi connectivity index (χ2v) is 5.59. The molecule has 5 nitrogen and oxygen atoms in total. The third-order valence-electron chi connectivity index (χ3n) is 3.82. The van der Waals surface area contributed by atoms with Crippen molar-refractivity contribution in [3.63, 3.8) is 0 Å². The van der Waals surface area contributed by atoms with Gasteiger partial charge in [0.2, 0.25) is 5.91 Å². The summed E-state index contributed by atoms with van der Waals surface area (Å²) in [7, 11) is 1.57. The summed E-state index contributed by atoms with van der Waals surface area (Å²) in [6, 6.07) is 11.0. The summed E-state index contributed by atoms with van der Waals surface area (Å²) >= 11 is 0. The summed E-state index contributed by atoms with van der Waals surface area (Å²) in [5.74, 6) is -0.00792. The Morgan fingerprint density at radius 3 is 2.09 bits per heavy atom. The molecule has 0 spiro atoms. The highest BCUT2D eigenvalue weighted by Crippen LogP contribution is 2.29. The van der Waals surface area contributed by atoms with Gasteiger partial charge in [-0.15, -0.1) is 0 Å². The number of carbonyl (C=O) groups is 2. The van der Waals surface area contributed by atoms with Crippen molar-refractivity contribution >= 4 is 34.1 Å². The Morgan fingerprint density at radius 1 is 1.00 bits per heavy atom. The Labute approximate surface area is 136 Å². The zero-order valence-corrected chi connectivity index (χ0v) is 13.8. The molecule has 1 unspecified atom stereocenters. The van der Waals surface area contributed by atoms with Gasteiger partial charge in [-0.3, -0.25) is 4.79 Å². The molecule has 0 heterocycles. The molecule has 3 amide bonds. The maximum Gasteiger partial charge on any atom is 0.318 e. The van der Waals surface area contributed by atoms with Gasteiger partial charge in [-0.25, -0.2) is 4.79 Å². The first-order chi connectivity index (χ1) is 11.1. The van der Waals surface area contributed by atoms with E-state index in [2.05, 4.69) is 22.9 Å². The normalized spacial score (nSPS) is 11.8. The van der Waals surface area contributed by atoms with E-state index in [1.807, 2.05) is 43.3 Å². The zero-order chi connectivity index (χ0) is 16.8. The second-order valence-electron chi connectivity index (χ2n) is 5.59. The molecule has 5 heteroatoms. The minimum atomic E-state index is -0.275. The Balaban J connectivity index is 2.33. The Hall–Kier alpha value is -2.56. The van der Waals surface area contributed by atoms with E-state index < -0.39 is 0 Å². The van der Waals surface area contributed by atoms with Crippen LogP contribution in [0.15, 0.2) is 36.4 Å². The molecule has 0 radical (unpaired) electrons. The molecule has 2 aromatic rings. The lowest BCUT2D eigenvalue weighted by atomic mass is 10.0. The first kappa shape index (κ1) is 16.8. The van der Waals surface area contributed by atoms with Crippen LogP contribution >= 0.6 is 0 Å². The van der Waals surface area contributed by atoms with Crippen molar-refractivity contribution in [3.05, 3.63) is 36.4 Å². The van der Waals surface area contributed by atoms with Crippen molar-refractivity contribution < 1.29 is 9.59 Å². The van der Waals surface area contributed by atoms with Crippen molar-refractivity contribution in [1.29, 1.82) is 0 Å². The fraction of sp³-hybridized carbons (Fsp3) is 0.333. The lowest BCUT2D eigenvalue weighted by molar-refractivity contribution is -0.119. The maximum absolute atomic E-state index is 12.3. The van der Waals surface area contributed by atoms with Gasteiger partial charge < -0.3 is 16.0 Å². The summed E-state index contributed by atoms with van der Waals surface area (Å²) in [5, 5.41) is 10.1. The van der Waals surface area contributed by atoms with E-state index in [0.717, 1.165) is 29.3 Å². The standard InChI is InChI=1S/C18H23N3O2/c1-4-7-12(2)17(22)20-15-10-5-9-14-13(15)8-6-11-16(14)21-18(23)19-3/h5-6,8-12H,4,7H2,1-3H3,(H,20,22)(H2,19,21,23). The van der Waals surface area contributed by atoms with Crippen molar-refractivity contribution in [2.75, 3.05) is 17.7 Å². The van der Waals surface area contributed by atoms with Crippen molar-refractivity contribution in [2.45, 2.75) is 26.7 Å². The van der Waals surface area contributed by atoms with Crippen LogP contribution in [0.4, 0.5) is 16.2 Å². The second kappa shape index (κ2) is 7.63. The van der Waals surface area contributed by atoms with Gasteiger partial charge in [0.1, 0.15) is 0 Å². The molecule has 2 aromatic carbocycles. The van der Waals surface area contributed by atoms with Crippen molar-refractivity contribution in [2.24, 2.45) is 5.92 Å². The van der Waals surface area contributed by atoms with Crippen molar-refractivity contribution in [1.82, 2.24) is 5.32 Å². The van der Waals surface area contributed by atoms with E-state index in [9.17, 15) is 9.59 Å². The van der Waals surface area contributed by atoms with Crippen LogP contribution in [0.2, 0.25) is 0 Å². The Bertz CT molecular complexity index is 712. The number of carbonyl (C=O) groups excluding carboxylic acids is 2. The van der Waals surface area contributed by atoms with E-state index in [-0.39, 0.29) is 17.9 Å². The first-order valence-electron chi connectivity index (χ1n) is 7.88. The molecule has 122 valence electrons. The predicted octanol–water partition coefficient (Wildman–Crippen LogP) is 3.97. The molecule has 0 aliphatic heterocycles. The minimum absolute atomic E-state index is 0.0176. The van der Waals surface area contributed by atoms with E-state index in [0.29, 0.717) is 5.69 Å². The van der Waals surface area contributed by atoms with E-state index in [4.69, 9.17) is 0 Å². The molecule has 0 aromatic heterocycles. The van der Waals surface area contributed by atoms with Gasteiger partial charge in [0.15, 0.2) is 0 Å². The van der Waals surface area contributed by atoms with Crippen LogP contribution in [0.5, 0.6) is 0 Å². The van der Waals surface area contributed by atoms with Gasteiger partial charge in [-0.1, -0.05) is 44.5 Å². The number of urea groups is 1. The number of fused-ring (bicyclic) bond motifs is 1. The number of nitrogens with one attached hydrogen (secondary N) is 3. The smallest absolute Gasteiger partial charge is 0.318 e. The van der Waals surface area contributed by atoms with Crippen LogP contribution in [-0.4, -0.2) is 19.0 Å². The Morgan fingerprint density at radius 2 is 1.57 bits per heavy atom. The highest BCUT2D eigenvalue weighted by atomic mass is 16.2. The highest BCUT2D eigenvalue weighted by Gasteiger charge is 2.14. The van der Waals surface area contributed by atoms with Crippen LogP contribution in [0.1, 0.15) is 26.7 Å². The lowest BCUT2D eigenvalue weighted by Crippen LogP contribution is -2.24. The molecule has 1 atom stereocenters. The van der Waals surface area contributed by atoms with E-state index >= 15 is 0 Å². The van der Waals surface area contributed by atoms with Gasteiger partial charge in [-0.05, 0) is 18.6 Å². The molecule has 23 heavy (non-hydrogen) atoms. The molecular formula is C18H23N3O2. The fourth-order valence-electron chi connectivity index (χ4n) is 2.53. The molecule has 0 saturated heterocycles. The largest absolute Gasteiger partial charge is 0.341 e. The average molecular weight is 313 g/mol. The highest BCUT2D eigenvalue weighted by molar-refractivity contribution is 6.08. The predicted molar refractivity (Wildman–Crippen MR) is 94.7 cm³/mol. The third-order valence-corrected chi connectivity index (χ3v) is 3.82. The molecule has 3 N–H and O–H groups in total. The van der Waals surface area contributed by atoms with Gasteiger partial charge >= 0.3 is 6.03 Å². The van der Waals surface area contributed by atoms with Gasteiger partial charge in [0.25, 0.3) is 0 Å². The molecule has 0 saturated carbocycles. The monoisotopic (exact) mass is 313 g/mol. The summed E-state index contributed by atoms with van der Waals surface area (Å²) in [4.78, 5) is 23.8. The quantitative estimate of drug-likeness (QED) is 0.782. The first-order valence-corrected chi connectivity index (χ1v) is 7.88. The zero-order valence-electron chi connectivity index (χ0n) is 13.8. The van der Waals surface area contributed by atoms with E-state index in [1.165, 1.54) is 0 Å². The topological polar surface area (TPSA) is 70.2 Å². The third kappa shape index (κ3) is 4.00. The number of hydrogen-bond donors (Lipinski definition) is 3. The van der Waals surface area contributed by atoms with Crippen molar-refractivity contribution in [3.8, 4) is 0 Å². The van der Waals surface area contributed by atoms with Gasteiger partial charge in [-0.2, -0.15) is 0 Å². The van der Waals surface area contributed by atoms with Crippen LogP contribution in [-0.2, 0) is 4.79 Å². The summed E-state index contributed by atoms with van der Waals surface area (Å²) in [6.07, 6.45) is 1.84. The number of amides is 3. The molecular weight excluding hydrogens is 290 g/mol. The molecule has 0 fully saturated rings. The average Bonchev–Trinajstić information content (AvgIpc) is 2.55. The molecule has 0 aliphatic carbocycles. The minimum Gasteiger partial charge on any atom is -0.341 e. The van der Waals surface area contributed by atoms with Crippen LogP contribution < -0.4 is 16.0 Å². The summed E-state index contributed by atoms with van der Waals surface area (Å²) in [6.45, 7) is 4.00. The Kier molecular flexibility index (Phi) is 5.57. The summed E-state index contributed by atoms with van der Waals surface area (Å²) in [5.41, 5.74) is 1.47. The number of benzene rings is 2. The van der Waals surface area contributed by atoms with Gasteiger partial charge in [0.05, 0.1) is 5.69 Å².